The van der Waals surface area contributed by atoms with Gasteiger partial charge in [0.1, 0.15) is 5.75 Å². The number of carbonyl (C=O) groups is 2. The number of phenols is 1. The Balaban J connectivity index is 2.10. The van der Waals surface area contributed by atoms with Gasteiger partial charge in [-0.05, 0) is 31.0 Å². The Hall–Kier alpha value is -1.56. The van der Waals surface area contributed by atoms with E-state index in [2.05, 4.69) is 21.2 Å². The fraction of sp³-hybridized carbons (Fsp3) is 0.385. The van der Waals surface area contributed by atoms with E-state index in [1.165, 1.54) is 12.1 Å². The third kappa shape index (κ3) is 3.07. The topological polar surface area (TPSA) is 86.6 Å². The lowest BCUT2D eigenvalue weighted by atomic mass is 10.0. The molecule has 1 amide bonds. The van der Waals surface area contributed by atoms with E-state index in [1.807, 2.05) is 0 Å². The molecule has 0 bridgehead atoms. The van der Waals surface area contributed by atoms with Crippen molar-refractivity contribution >= 4 is 27.8 Å². The molecule has 1 aromatic carbocycles. The van der Waals surface area contributed by atoms with Crippen LogP contribution in [0, 0.1) is 5.92 Å². The van der Waals surface area contributed by atoms with Gasteiger partial charge in [-0.2, -0.15) is 0 Å². The molecule has 5 nitrogen and oxygen atoms in total. The molecule has 1 saturated carbocycles. The van der Waals surface area contributed by atoms with Crippen molar-refractivity contribution in [1.29, 1.82) is 0 Å². The van der Waals surface area contributed by atoms with Crippen LogP contribution in [0.3, 0.4) is 0 Å². The molecule has 1 aliphatic carbocycles. The fourth-order valence-electron chi connectivity index (χ4n) is 2.37. The fourth-order valence-corrected chi connectivity index (χ4v) is 2.72. The largest absolute Gasteiger partial charge is 0.507 e. The van der Waals surface area contributed by atoms with E-state index in [0.717, 1.165) is 6.42 Å². The summed E-state index contributed by atoms with van der Waals surface area (Å²) in [5.74, 6) is -2.00. The minimum absolute atomic E-state index is 0.128. The number of rotatable bonds is 3. The summed E-state index contributed by atoms with van der Waals surface area (Å²) in [4.78, 5) is 23.1. The Kier molecular flexibility index (Phi) is 4.09. The lowest BCUT2D eigenvalue weighted by molar-refractivity contribution is -0.142. The summed E-state index contributed by atoms with van der Waals surface area (Å²) in [5, 5.41) is 21.4. The summed E-state index contributed by atoms with van der Waals surface area (Å²) in [6, 6.07) is 4.21. The monoisotopic (exact) mass is 327 g/mol. The molecule has 0 saturated heterocycles. The van der Waals surface area contributed by atoms with Crippen LogP contribution in [0.5, 0.6) is 5.75 Å². The number of aliphatic carboxylic acids is 1. The lowest BCUT2D eigenvalue weighted by Crippen LogP contribution is -2.40. The maximum Gasteiger partial charge on any atom is 0.308 e. The number of benzene rings is 1. The number of amides is 1. The molecule has 19 heavy (non-hydrogen) atoms. The van der Waals surface area contributed by atoms with E-state index in [4.69, 9.17) is 5.11 Å². The summed E-state index contributed by atoms with van der Waals surface area (Å²) in [6.07, 6.45) is 2.01. The smallest absolute Gasteiger partial charge is 0.308 e. The van der Waals surface area contributed by atoms with Gasteiger partial charge >= 0.3 is 5.97 Å². The van der Waals surface area contributed by atoms with Crippen molar-refractivity contribution in [2.45, 2.75) is 25.3 Å². The van der Waals surface area contributed by atoms with Crippen molar-refractivity contribution in [2.75, 3.05) is 0 Å². The summed E-state index contributed by atoms with van der Waals surface area (Å²) >= 11 is 3.19. The first kappa shape index (κ1) is 13.9. The number of hydrogen-bond donors (Lipinski definition) is 3. The van der Waals surface area contributed by atoms with Crippen LogP contribution in [0.25, 0.3) is 0 Å². The van der Waals surface area contributed by atoms with E-state index >= 15 is 0 Å². The zero-order valence-corrected chi connectivity index (χ0v) is 11.7. The molecular formula is C13H14BrNO4. The van der Waals surface area contributed by atoms with Crippen LogP contribution in [-0.4, -0.2) is 28.1 Å². The van der Waals surface area contributed by atoms with Crippen molar-refractivity contribution in [3.63, 3.8) is 0 Å². The zero-order chi connectivity index (χ0) is 14.0. The predicted molar refractivity (Wildman–Crippen MR) is 72.0 cm³/mol. The van der Waals surface area contributed by atoms with E-state index in [1.54, 1.807) is 6.07 Å². The van der Waals surface area contributed by atoms with Crippen LogP contribution in [0.4, 0.5) is 0 Å². The third-order valence-electron chi connectivity index (χ3n) is 3.35. The molecule has 0 radical (unpaired) electrons. The van der Waals surface area contributed by atoms with Crippen molar-refractivity contribution in [1.82, 2.24) is 5.32 Å². The van der Waals surface area contributed by atoms with Crippen molar-refractivity contribution in [3.05, 3.63) is 28.2 Å². The number of carbonyl (C=O) groups excluding carboxylic acids is 1. The van der Waals surface area contributed by atoms with Crippen LogP contribution in [0.15, 0.2) is 22.7 Å². The van der Waals surface area contributed by atoms with Gasteiger partial charge < -0.3 is 15.5 Å². The lowest BCUT2D eigenvalue weighted by Gasteiger charge is -2.17. The Morgan fingerprint density at radius 1 is 1.32 bits per heavy atom. The zero-order valence-electron chi connectivity index (χ0n) is 10.1. The molecule has 2 rings (SSSR count). The quantitative estimate of drug-likeness (QED) is 0.793. The minimum atomic E-state index is -0.886. The predicted octanol–water partition coefficient (Wildman–Crippen LogP) is 2.14. The van der Waals surface area contributed by atoms with Crippen LogP contribution in [0.2, 0.25) is 0 Å². The van der Waals surface area contributed by atoms with Gasteiger partial charge in [-0.25, -0.2) is 0 Å². The molecule has 2 unspecified atom stereocenters. The highest BCUT2D eigenvalue weighted by molar-refractivity contribution is 9.10. The molecule has 0 spiro atoms. The minimum Gasteiger partial charge on any atom is -0.507 e. The maximum absolute atomic E-state index is 12.0. The van der Waals surface area contributed by atoms with E-state index in [-0.39, 0.29) is 17.4 Å². The van der Waals surface area contributed by atoms with E-state index in [9.17, 15) is 14.7 Å². The van der Waals surface area contributed by atoms with Crippen molar-refractivity contribution in [2.24, 2.45) is 5.92 Å². The Bertz CT molecular complexity index is 517. The van der Waals surface area contributed by atoms with E-state index < -0.39 is 17.8 Å². The second-order valence-corrected chi connectivity index (χ2v) is 5.53. The van der Waals surface area contributed by atoms with Crippen molar-refractivity contribution < 1.29 is 19.8 Å². The molecule has 1 aliphatic rings. The normalized spacial score (nSPS) is 22.2. The first-order valence-corrected chi connectivity index (χ1v) is 6.80. The van der Waals surface area contributed by atoms with Gasteiger partial charge in [-0.3, -0.25) is 9.59 Å². The molecular weight excluding hydrogens is 314 g/mol. The summed E-state index contributed by atoms with van der Waals surface area (Å²) < 4.78 is 0.672. The molecule has 0 aliphatic heterocycles. The van der Waals surface area contributed by atoms with Gasteiger partial charge in [0.05, 0.1) is 11.5 Å². The van der Waals surface area contributed by atoms with Gasteiger partial charge in [-0.1, -0.05) is 22.4 Å². The summed E-state index contributed by atoms with van der Waals surface area (Å²) in [7, 11) is 0. The highest BCUT2D eigenvalue weighted by atomic mass is 79.9. The molecule has 2 atom stereocenters. The third-order valence-corrected chi connectivity index (χ3v) is 3.85. The second kappa shape index (κ2) is 5.61. The highest BCUT2D eigenvalue weighted by Crippen LogP contribution is 2.27. The van der Waals surface area contributed by atoms with Gasteiger partial charge in [0.15, 0.2) is 0 Å². The molecule has 1 fully saturated rings. The molecule has 0 heterocycles. The number of carboxylic acid groups (broad SMARTS) is 1. The number of nitrogens with one attached hydrogen (secondary N) is 1. The molecule has 6 heteroatoms. The summed E-state index contributed by atoms with van der Waals surface area (Å²) in [6.45, 7) is 0. The Morgan fingerprint density at radius 3 is 2.68 bits per heavy atom. The van der Waals surface area contributed by atoms with Crippen LogP contribution in [-0.2, 0) is 4.79 Å². The van der Waals surface area contributed by atoms with Crippen LogP contribution in [0.1, 0.15) is 29.6 Å². The number of halogens is 1. The second-order valence-electron chi connectivity index (χ2n) is 4.62. The Morgan fingerprint density at radius 2 is 2.05 bits per heavy atom. The van der Waals surface area contributed by atoms with Gasteiger partial charge in [0.2, 0.25) is 0 Å². The standard InChI is InChI=1S/C13H14BrNO4/c14-7-4-5-9(11(16)6-7)12(17)15-10-3-1-2-8(10)13(18)19/h4-6,8,10,16H,1-3H2,(H,15,17)(H,18,19). The van der Waals surface area contributed by atoms with Gasteiger partial charge in [0.25, 0.3) is 5.91 Å². The average Bonchev–Trinajstić information content (AvgIpc) is 2.76. The van der Waals surface area contributed by atoms with Crippen LogP contribution < -0.4 is 5.32 Å². The van der Waals surface area contributed by atoms with Crippen LogP contribution >= 0.6 is 15.9 Å². The number of phenolic OH excluding ortho intramolecular Hbond substituents is 1. The Labute approximate surface area is 118 Å². The number of aromatic hydroxyl groups is 1. The SMILES string of the molecule is O=C(NC1CCCC1C(=O)O)c1ccc(Br)cc1O. The average molecular weight is 328 g/mol. The molecule has 0 aromatic heterocycles. The number of carboxylic acids is 1. The molecule has 102 valence electrons. The highest BCUT2D eigenvalue weighted by Gasteiger charge is 2.34. The van der Waals surface area contributed by atoms with E-state index in [0.29, 0.717) is 17.3 Å². The maximum atomic E-state index is 12.0. The first-order valence-electron chi connectivity index (χ1n) is 6.01. The molecule has 3 N–H and O–H groups in total. The summed E-state index contributed by atoms with van der Waals surface area (Å²) in [5.41, 5.74) is 0.152. The van der Waals surface area contributed by atoms with Crippen molar-refractivity contribution in [3.8, 4) is 5.75 Å². The van der Waals surface area contributed by atoms with Gasteiger partial charge in [-0.15, -0.1) is 0 Å². The van der Waals surface area contributed by atoms with Gasteiger partial charge in [0, 0.05) is 10.5 Å². The molecule has 1 aromatic rings. The first-order chi connectivity index (χ1) is 8.99. The number of hydrogen-bond acceptors (Lipinski definition) is 3.